The Bertz CT molecular complexity index is 762. The third-order valence-corrected chi connectivity index (χ3v) is 4.20. The highest BCUT2D eigenvalue weighted by molar-refractivity contribution is 7.09. The summed E-state index contributed by atoms with van der Waals surface area (Å²) in [6, 6.07) is 10.1. The van der Waals surface area contributed by atoms with Crippen molar-refractivity contribution in [2.45, 2.75) is 19.9 Å². The van der Waals surface area contributed by atoms with Gasteiger partial charge in [0.2, 0.25) is 0 Å². The normalized spacial score (nSPS) is 11.8. The zero-order valence-corrected chi connectivity index (χ0v) is 13.9. The molecular formula is C16H20N6S. The number of thiophene rings is 1. The lowest BCUT2D eigenvalue weighted by Crippen LogP contribution is -2.38. The van der Waals surface area contributed by atoms with Crippen LogP contribution in [0, 0.1) is 0 Å². The highest BCUT2D eigenvalue weighted by Crippen LogP contribution is 2.09. The monoisotopic (exact) mass is 328 g/mol. The van der Waals surface area contributed by atoms with Crippen molar-refractivity contribution in [1.82, 2.24) is 25.2 Å². The van der Waals surface area contributed by atoms with Crippen LogP contribution >= 0.6 is 11.3 Å². The van der Waals surface area contributed by atoms with Gasteiger partial charge in [0, 0.05) is 30.6 Å². The van der Waals surface area contributed by atoms with Gasteiger partial charge in [-0.25, -0.2) is 4.99 Å². The van der Waals surface area contributed by atoms with Gasteiger partial charge in [-0.05, 0) is 30.5 Å². The number of hydrogen-bond acceptors (Lipinski definition) is 4. The van der Waals surface area contributed by atoms with Gasteiger partial charge in [0.25, 0.3) is 0 Å². The Labute approximate surface area is 139 Å². The van der Waals surface area contributed by atoms with E-state index < -0.39 is 0 Å². The first kappa shape index (κ1) is 15.5. The molecule has 0 aliphatic carbocycles. The summed E-state index contributed by atoms with van der Waals surface area (Å²) in [5.74, 6) is 1.77. The van der Waals surface area contributed by atoms with E-state index in [2.05, 4.69) is 44.2 Å². The van der Waals surface area contributed by atoms with E-state index >= 15 is 0 Å². The molecule has 2 N–H and O–H groups in total. The smallest absolute Gasteiger partial charge is 0.191 e. The average molecular weight is 328 g/mol. The van der Waals surface area contributed by atoms with Gasteiger partial charge in [-0.1, -0.05) is 12.1 Å². The molecule has 120 valence electrons. The Kier molecular flexibility index (Phi) is 5.21. The predicted molar refractivity (Wildman–Crippen MR) is 93.8 cm³/mol. The fourth-order valence-electron chi connectivity index (χ4n) is 2.26. The number of pyridine rings is 1. The molecule has 3 aromatic heterocycles. The zero-order chi connectivity index (χ0) is 15.9. The van der Waals surface area contributed by atoms with Crippen LogP contribution < -0.4 is 10.6 Å². The molecule has 23 heavy (non-hydrogen) atoms. The molecule has 3 heterocycles. The SMILES string of the molecule is CCNC(=NCc1cccs1)NCCc1nnc2ccccn12. The van der Waals surface area contributed by atoms with E-state index in [0.29, 0.717) is 6.54 Å². The Morgan fingerprint density at radius 3 is 3.00 bits per heavy atom. The molecule has 6 nitrogen and oxygen atoms in total. The number of hydrogen-bond donors (Lipinski definition) is 2. The van der Waals surface area contributed by atoms with Gasteiger partial charge in [-0.2, -0.15) is 0 Å². The molecule has 0 aliphatic heterocycles. The van der Waals surface area contributed by atoms with E-state index in [9.17, 15) is 0 Å². The average Bonchev–Trinajstić information content (AvgIpc) is 3.22. The predicted octanol–water partition coefficient (Wildman–Crippen LogP) is 2.09. The number of aliphatic imine (C=N–C) groups is 1. The lowest BCUT2D eigenvalue weighted by Gasteiger charge is -2.10. The Morgan fingerprint density at radius 2 is 2.17 bits per heavy atom. The van der Waals surface area contributed by atoms with Crippen molar-refractivity contribution >= 4 is 22.9 Å². The number of nitrogens with one attached hydrogen (secondary N) is 2. The van der Waals surface area contributed by atoms with Crippen LogP contribution in [0.5, 0.6) is 0 Å². The quantitative estimate of drug-likeness (QED) is 0.537. The summed E-state index contributed by atoms with van der Waals surface area (Å²) in [4.78, 5) is 5.85. The van der Waals surface area contributed by atoms with Crippen LogP contribution in [-0.4, -0.2) is 33.6 Å². The molecule has 0 bridgehead atoms. The van der Waals surface area contributed by atoms with Crippen molar-refractivity contribution in [3.05, 3.63) is 52.6 Å². The summed E-state index contributed by atoms with van der Waals surface area (Å²) in [5, 5.41) is 17.1. The van der Waals surface area contributed by atoms with E-state index in [-0.39, 0.29) is 0 Å². The van der Waals surface area contributed by atoms with Crippen molar-refractivity contribution < 1.29 is 0 Å². The molecule has 3 rings (SSSR count). The van der Waals surface area contributed by atoms with E-state index in [4.69, 9.17) is 0 Å². The van der Waals surface area contributed by atoms with E-state index in [0.717, 1.165) is 36.9 Å². The summed E-state index contributed by atoms with van der Waals surface area (Å²) in [6.45, 7) is 4.35. The molecule has 0 aromatic carbocycles. The molecule has 0 saturated heterocycles. The molecule has 0 amide bonds. The standard InChI is InChI=1S/C16H20N6S/c1-2-17-16(19-12-13-6-5-11-23-13)18-9-8-15-21-20-14-7-3-4-10-22(14)15/h3-7,10-11H,2,8-9,12H2,1H3,(H2,17,18,19). The van der Waals surface area contributed by atoms with E-state index in [1.807, 2.05) is 34.9 Å². The second kappa shape index (κ2) is 7.73. The van der Waals surface area contributed by atoms with Crippen molar-refractivity contribution in [2.24, 2.45) is 4.99 Å². The summed E-state index contributed by atoms with van der Waals surface area (Å²) < 4.78 is 2.01. The van der Waals surface area contributed by atoms with E-state index in [1.165, 1.54) is 4.88 Å². The lowest BCUT2D eigenvalue weighted by molar-refractivity contribution is 0.764. The van der Waals surface area contributed by atoms with Gasteiger partial charge in [0.1, 0.15) is 5.82 Å². The number of aromatic nitrogens is 3. The molecular weight excluding hydrogens is 308 g/mol. The maximum absolute atomic E-state index is 4.60. The van der Waals surface area contributed by atoms with Crippen molar-refractivity contribution in [3.8, 4) is 0 Å². The molecule has 0 unspecified atom stereocenters. The van der Waals surface area contributed by atoms with Gasteiger partial charge in [0.15, 0.2) is 11.6 Å². The molecule has 0 atom stereocenters. The molecule has 0 spiro atoms. The van der Waals surface area contributed by atoms with Gasteiger partial charge in [0.05, 0.1) is 6.54 Å². The first-order chi connectivity index (χ1) is 11.4. The summed E-state index contributed by atoms with van der Waals surface area (Å²) >= 11 is 1.72. The zero-order valence-electron chi connectivity index (χ0n) is 13.1. The Morgan fingerprint density at radius 1 is 1.22 bits per heavy atom. The van der Waals surface area contributed by atoms with Crippen LogP contribution in [0.2, 0.25) is 0 Å². The summed E-state index contributed by atoms with van der Waals surface area (Å²) in [5.41, 5.74) is 0.876. The molecule has 7 heteroatoms. The van der Waals surface area contributed by atoms with Gasteiger partial charge < -0.3 is 10.6 Å². The minimum atomic E-state index is 0.695. The third-order valence-electron chi connectivity index (χ3n) is 3.34. The largest absolute Gasteiger partial charge is 0.357 e. The third kappa shape index (κ3) is 4.07. The van der Waals surface area contributed by atoms with Crippen molar-refractivity contribution in [1.29, 1.82) is 0 Å². The fourth-order valence-corrected chi connectivity index (χ4v) is 2.88. The second-order valence-electron chi connectivity index (χ2n) is 5.00. The second-order valence-corrected chi connectivity index (χ2v) is 6.03. The van der Waals surface area contributed by atoms with Crippen LogP contribution in [0.4, 0.5) is 0 Å². The van der Waals surface area contributed by atoms with Crippen LogP contribution in [0.3, 0.4) is 0 Å². The number of rotatable bonds is 6. The Hall–Kier alpha value is -2.41. The highest BCUT2D eigenvalue weighted by atomic mass is 32.1. The number of nitrogens with zero attached hydrogens (tertiary/aromatic N) is 4. The Balaban J connectivity index is 1.57. The minimum absolute atomic E-state index is 0.695. The van der Waals surface area contributed by atoms with Gasteiger partial charge in [-0.15, -0.1) is 21.5 Å². The highest BCUT2D eigenvalue weighted by Gasteiger charge is 2.05. The van der Waals surface area contributed by atoms with Crippen LogP contribution in [-0.2, 0) is 13.0 Å². The summed E-state index contributed by atoms with van der Waals surface area (Å²) in [7, 11) is 0. The number of guanidine groups is 1. The van der Waals surface area contributed by atoms with Crippen LogP contribution in [0.1, 0.15) is 17.6 Å². The molecule has 0 saturated carbocycles. The molecule has 0 aliphatic rings. The van der Waals surface area contributed by atoms with Crippen LogP contribution in [0.15, 0.2) is 46.9 Å². The fraction of sp³-hybridized carbons (Fsp3) is 0.312. The van der Waals surface area contributed by atoms with Crippen molar-refractivity contribution in [3.63, 3.8) is 0 Å². The van der Waals surface area contributed by atoms with Gasteiger partial charge in [-0.3, -0.25) is 4.40 Å². The topological polar surface area (TPSA) is 66.6 Å². The molecule has 0 radical (unpaired) electrons. The number of fused-ring (bicyclic) bond motifs is 1. The van der Waals surface area contributed by atoms with E-state index in [1.54, 1.807) is 11.3 Å². The minimum Gasteiger partial charge on any atom is -0.357 e. The maximum Gasteiger partial charge on any atom is 0.191 e. The lowest BCUT2D eigenvalue weighted by atomic mass is 10.4. The first-order valence-electron chi connectivity index (χ1n) is 7.70. The molecule has 3 aromatic rings. The first-order valence-corrected chi connectivity index (χ1v) is 8.58. The molecule has 0 fully saturated rings. The van der Waals surface area contributed by atoms with Crippen LogP contribution in [0.25, 0.3) is 5.65 Å². The van der Waals surface area contributed by atoms with Gasteiger partial charge >= 0.3 is 0 Å². The maximum atomic E-state index is 4.60. The summed E-state index contributed by atoms with van der Waals surface area (Å²) in [6.07, 6.45) is 2.77. The van der Waals surface area contributed by atoms with Crippen molar-refractivity contribution in [2.75, 3.05) is 13.1 Å².